The van der Waals surface area contributed by atoms with Crippen LogP contribution in [0.2, 0.25) is 0 Å². The first-order valence-electron chi connectivity index (χ1n) is 7.19. The van der Waals surface area contributed by atoms with E-state index in [0.717, 1.165) is 12.8 Å². The molecular weight excluding hydrogens is 258 g/mol. The van der Waals surface area contributed by atoms with Crippen LogP contribution in [-0.4, -0.2) is 41.3 Å². The molecule has 0 N–H and O–H groups in total. The lowest BCUT2D eigenvalue weighted by Gasteiger charge is -2.34. The Morgan fingerprint density at radius 2 is 1.55 bits per heavy atom. The lowest BCUT2D eigenvalue weighted by molar-refractivity contribution is -0.161. The molecule has 1 unspecified atom stereocenters. The summed E-state index contributed by atoms with van der Waals surface area (Å²) in [5.74, 6) is -0.485. The smallest absolute Gasteiger partial charge is 0.410 e. The Bertz CT molecular complexity index is 331. The largest absolute Gasteiger partial charge is 0.460 e. The molecule has 1 rings (SSSR count). The minimum atomic E-state index is -0.518. The second kappa shape index (κ2) is 6.02. The fraction of sp³-hybridized carbons (Fsp3) is 0.867. The fourth-order valence-corrected chi connectivity index (χ4v) is 2.05. The summed E-state index contributed by atoms with van der Waals surface area (Å²) in [6, 6.07) is 0. The molecule has 0 aromatic rings. The van der Waals surface area contributed by atoms with Crippen LogP contribution in [0.4, 0.5) is 4.79 Å². The highest BCUT2D eigenvalue weighted by Crippen LogP contribution is 2.22. The van der Waals surface area contributed by atoms with Crippen molar-refractivity contribution in [3.8, 4) is 0 Å². The van der Waals surface area contributed by atoms with Crippen LogP contribution < -0.4 is 0 Å². The van der Waals surface area contributed by atoms with Gasteiger partial charge in [0.1, 0.15) is 11.2 Å². The van der Waals surface area contributed by atoms with Crippen molar-refractivity contribution < 1.29 is 19.1 Å². The number of likely N-dealkylation sites (tertiary alicyclic amines) is 1. The molecule has 0 aliphatic carbocycles. The van der Waals surface area contributed by atoms with Gasteiger partial charge in [-0.1, -0.05) is 0 Å². The summed E-state index contributed by atoms with van der Waals surface area (Å²) < 4.78 is 10.7. The molecule has 0 saturated carbocycles. The molecule has 0 aromatic heterocycles. The number of carbonyl (C=O) groups excluding carboxylic acids is 2. The lowest BCUT2D eigenvalue weighted by atomic mass is 9.98. The third-order valence-electron chi connectivity index (χ3n) is 2.81. The molecule has 0 radical (unpaired) electrons. The van der Waals surface area contributed by atoms with E-state index in [4.69, 9.17) is 9.47 Å². The van der Waals surface area contributed by atoms with Crippen LogP contribution in [0.15, 0.2) is 0 Å². The van der Waals surface area contributed by atoms with Gasteiger partial charge in [-0.05, 0) is 54.4 Å². The number of piperidine rings is 1. The first kappa shape index (κ1) is 16.8. The quantitative estimate of drug-likeness (QED) is 0.695. The van der Waals surface area contributed by atoms with Crippen LogP contribution in [0, 0.1) is 5.92 Å². The van der Waals surface area contributed by atoms with Gasteiger partial charge in [-0.2, -0.15) is 0 Å². The second-order valence-electron chi connectivity index (χ2n) is 7.30. The van der Waals surface area contributed by atoms with Crippen molar-refractivity contribution in [2.75, 3.05) is 13.1 Å². The van der Waals surface area contributed by atoms with Crippen molar-refractivity contribution in [1.29, 1.82) is 0 Å². The fourth-order valence-electron chi connectivity index (χ4n) is 2.05. The molecule has 1 atom stereocenters. The number of carbonyl (C=O) groups is 2. The number of nitrogens with zero attached hydrogens (tertiary/aromatic N) is 1. The van der Waals surface area contributed by atoms with Gasteiger partial charge in [0.25, 0.3) is 0 Å². The number of hydrogen-bond acceptors (Lipinski definition) is 4. The predicted octanol–water partition coefficient (Wildman–Crippen LogP) is 2.98. The minimum Gasteiger partial charge on any atom is -0.460 e. The number of hydrogen-bond donors (Lipinski definition) is 0. The predicted molar refractivity (Wildman–Crippen MR) is 76.4 cm³/mol. The maximum atomic E-state index is 12.1. The van der Waals surface area contributed by atoms with E-state index in [9.17, 15) is 9.59 Å². The van der Waals surface area contributed by atoms with Gasteiger partial charge < -0.3 is 14.4 Å². The topological polar surface area (TPSA) is 55.8 Å². The average Bonchev–Trinajstić information content (AvgIpc) is 2.24. The summed E-state index contributed by atoms with van der Waals surface area (Å²) in [5, 5.41) is 0. The summed E-state index contributed by atoms with van der Waals surface area (Å²) in [6.45, 7) is 12.1. The molecular formula is C15H27NO4. The van der Waals surface area contributed by atoms with Crippen LogP contribution in [0.1, 0.15) is 54.4 Å². The van der Waals surface area contributed by atoms with E-state index < -0.39 is 11.2 Å². The molecule has 5 heteroatoms. The Balaban J connectivity index is 2.58. The van der Waals surface area contributed by atoms with Crippen LogP contribution >= 0.6 is 0 Å². The zero-order valence-corrected chi connectivity index (χ0v) is 13.5. The van der Waals surface area contributed by atoms with Gasteiger partial charge in [0.2, 0.25) is 0 Å². The molecule has 0 aromatic carbocycles. The summed E-state index contributed by atoms with van der Waals surface area (Å²) in [4.78, 5) is 25.7. The van der Waals surface area contributed by atoms with Crippen molar-refractivity contribution >= 4 is 12.1 Å². The van der Waals surface area contributed by atoms with Crippen molar-refractivity contribution in [1.82, 2.24) is 4.90 Å². The van der Waals surface area contributed by atoms with Gasteiger partial charge in [-0.3, -0.25) is 4.79 Å². The van der Waals surface area contributed by atoms with Gasteiger partial charge in [-0.25, -0.2) is 4.79 Å². The highest BCUT2D eigenvalue weighted by molar-refractivity contribution is 5.75. The molecule has 1 amide bonds. The molecule has 1 fully saturated rings. The molecule has 1 heterocycles. The molecule has 0 bridgehead atoms. The van der Waals surface area contributed by atoms with Gasteiger partial charge in [-0.15, -0.1) is 0 Å². The van der Waals surface area contributed by atoms with E-state index in [-0.39, 0.29) is 18.0 Å². The summed E-state index contributed by atoms with van der Waals surface area (Å²) in [7, 11) is 0. The van der Waals surface area contributed by atoms with Gasteiger partial charge in [0, 0.05) is 13.1 Å². The highest BCUT2D eigenvalue weighted by Gasteiger charge is 2.33. The second-order valence-corrected chi connectivity index (χ2v) is 7.30. The van der Waals surface area contributed by atoms with Crippen LogP contribution in [0.5, 0.6) is 0 Å². The van der Waals surface area contributed by atoms with E-state index in [1.165, 1.54) is 0 Å². The van der Waals surface area contributed by atoms with Crippen LogP contribution in [-0.2, 0) is 14.3 Å². The average molecular weight is 285 g/mol. The first-order valence-corrected chi connectivity index (χ1v) is 7.19. The SMILES string of the molecule is CC(C)(C)OC(=O)C1CCCN(C(=O)OC(C)(C)C)C1. The third-order valence-corrected chi connectivity index (χ3v) is 2.81. The standard InChI is InChI=1S/C15H27NO4/c1-14(2,3)19-12(17)11-8-7-9-16(10-11)13(18)20-15(4,5)6/h11H,7-10H2,1-6H3. The maximum absolute atomic E-state index is 12.1. The molecule has 20 heavy (non-hydrogen) atoms. The van der Waals surface area contributed by atoms with E-state index in [1.807, 2.05) is 41.5 Å². The third kappa shape index (κ3) is 5.80. The van der Waals surface area contributed by atoms with Crippen molar-refractivity contribution in [2.45, 2.75) is 65.6 Å². The Kier molecular flexibility index (Phi) is 5.05. The van der Waals surface area contributed by atoms with E-state index in [1.54, 1.807) is 4.90 Å². The Labute approximate surface area is 121 Å². The Hall–Kier alpha value is -1.26. The van der Waals surface area contributed by atoms with E-state index in [0.29, 0.717) is 13.1 Å². The van der Waals surface area contributed by atoms with Crippen molar-refractivity contribution in [3.05, 3.63) is 0 Å². The number of esters is 1. The Morgan fingerprint density at radius 1 is 1.00 bits per heavy atom. The molecule has 1 saturated heterocycles. The molecule has 116 valence electrons. The molecule has 1 aliphatic rings. The number of amides is 1. The zero-order chi connectivity index (χ0) is 15.6. The minimum absolute atomic E-state index is 0.231. The normalized spacial score (nSPS) is 20.5. The summed E-state index contributed by atoms with van der Waals surface area (Å²) in [5.41, 5.74) is -1.01. The van der Waals surface area contributed by atoms with Gasteiger partial charge in [0.05, 0.1) is 5.92 Å². The van der Waals surface area contributed by atoms with E-state index in [2.05, 4.69) is 0 Å². The molecule has 5 nitrogen and oxygen atoms in total. The highest BCUT2D eigenvalue weighted by atomic mass is 16.6. The maximum Gasteiger partial charge on any atom is 0.410 e. The van der Waals surface area contributed by atoms with Crippen molar-refractivity contribution in [3.63, 3.8) is 0 Å². The molecule has 0 spiro atoms. The summed E-state index contributed by atoms with van der Waals surface area (Å²) >= 11 is 0. The van der Waals surface area contributed by atoms with Crippen LogP contribution in [0.3, 0.4) is 0 Å². The number of rotatable bonds is 1. The lowest BCUT2D eigenvalue weighted by Crippen LogP contribution is -2.45. The summed E-state index contributed by atoms with van der Waals surface area (Å²) in [6.07, 6.45) is 1.20. The van der Waals surface area contributed by atoms with E-state index >= 15 is 0 Å². The first-order chi connectivity index (χ1) is 8.98. The van der Waals surface area contributed by atoms with Gasteiger partial charge in [0.15, 0.2) is 0 Å². The molecule has 1 aliphatic heterocycles. The Morgan fingerprint density at radius 3 is 2.05 bits per heavy atom. The monoisotopic (exact) mass is 285 g/mol. The van der Waals surface area contributed by atoms with Crippen molar-refractivity contribution in [2.24, 2.45) is 5.92 Å². The zero-order valence-electron chi connectivity index (χ0n) is 13.5. The number of ether oxygens (including phenoxy) is 2. The van der Waals surface area contributed by atoms with Gasteiger partial charge >= 0.3 is 12.1 Å². The van der Waals surface area contributed by atoms with Crippen LogP contribution in [0.25, 0.3) is 0 Å².